The maximum Gasteiger partial charge on any atom is 0.417 e. The Hall–Kier alpha value is -3.52. The number of carbonyl (C=O) groups is 1. The summed E-state index contributed by atoms with van der Waals surface area (Å²) in [5, 5.41) is 0.573. The number of ether oxygens (including phenoxy) is 1. The van der Waals surface area contributed by atoms with Gasteiger partial charge in [0.05, 0.1) is 5.56 Å². The molecule has 1 amide bonds. The van der Waals surface area contributed by atoms with Gasteiger partial charge in [0.15, 0.2) is 12.2 Å². The Morgan fingerprint density at radius 2 is 1.89 bits per heavy atom. The van der Waals surface area contributed by atoms with Crippen LogP contribution in [-0.2, 0) is 11.0 Å². The zero-order valence-electron chi connectivity index (χ0n) is 18.4. The highest BCUT2D eigenvalue weighted by molar-refractivity contribution is 6.30. The van der Waals surface area contributed by atoms with Gasteiger partial charge in [-0.05, 0) is 66.4 Å². The van der Waals surface area contributed by atoms with Gasteiger partial charge in [0.2, 0.25) is 5.89 Å². The van der Waals surface area contributed by atoms with Gasteiger partial charge in [0.1, 0.15) is 17.3 Å². The molecule has 35 heavy (non-hydrogen) atoms. The summed E-state index contributed by atoms with van der Waals surface area (Å²) in [4.78, 5) is 19.1. The Balaban J connectivity index is 1.37. The number of rotatable bonds is 5. The number of aromatic nitrogens is 1. The highest BCUT2D eigenvalue weighted by atomic mass is 35.5. The summed E-state index contributed by atoms with van der Waals surface area (Å²) in [6.45, 7) is 0.396. The minimum absolute atomic E-state index is 0.0727. The van der Waals surface area contributed by atoms with Crippen molar-refractivity contribution in [2.45, 2.75) is 25.1 Å². The molecule has 180 valence electrons. The van der Waals surface area contributed by atoms with Crippen LogP contribution >= 0.6 is 11.6 Å². The molecule has 0 N–H and O–H groups in total. The molecule has 0 aliphatic carbocycles. The van der Waals surface area contributed by atoms with Crippen molar-refractivity contribution in [3.05, 3.63) is 83.2 Å². The smallest absolute Gasteiger partial charge is 0.417 e. The number of hydrogen-bond donors (Lipinski definition) is 0. The summed E-state index contributed by atoms with van der Waals surface area (Å²) in [5.41, 5.74) is 0.636. The molecule has 0 bridgehead atoms. The summed E-state index contributed by atoms with van der Waals surface area (Å²) in [6, 6.07) is 16.6. The van der Waals surface area contributed by atoms with Crippen LogP contribution in [-0.4, -0.2) is 28.9 Å². The predicted octanol–water partition coefficient (Wildman–Crippen LogP) is 6.91. The van der Waals surface area contributed by atoms with Crippen LogP contribution in [0.25, 0.3) is 22.2 Å². The topological polar surface area (TPSA) is 55.6 Å². The van der Waals surface area contributed by atoms with Crippen molar-refractivity contribution in [1.29, 1.82) is 0 Å². The van der Waals surface area contributed by atoms with Crippen molar-refractivity contribution in [2.24, 2.45) is 0 Å². The van der Waals surface area contributed by atoms with E-state index in [0.29, 0.717) is 46.3 Å². The molecule has 0 unspecified atom stereocenters. The fourth-order valence-corrected chi connectivity index (χ4v) is 4.44. The highest BCUT2D eigenvalue weighted by Crippen LogP contribution is 2.39. The van der Waals surface area contributed by atoms with E-state index in [1.165, 1.54) is 12.1 Å². The molecule has 0 spiro atoms. The molecule has 3 aromatic carbocycles. The Morgan fingerprint density at radius 3 is 2.66 bits per heavy atom. The number of carbonyl (C=O) groups excluding carboxylic acids is 1. The van der Waals surface area contributed by atoms with Gasteiger partial charge in [-0.2, -0.15) is 13.2 Å². The summed E-state index contributed by atoms with van der Waals surface area (Å²) in [7, 11) is 0. The van der Waals surface area contributed by atoms with Gasteiger partial charge in [-0.25, -0.2) is 4.98 Å². The lowest BCUT2D eigenvalue weighted by atomic mass is 9.99. The van der Waals surface area contributed by atoms with E-state index in [4.69, 9.17) is 20.8 Å². The number of hydrogen-bond acceptors (Lipinski definition) is 4. The molecule has 1 aliphatic rings. The van der Waals surface area contributed by atoms with Crippen LogP contribution in [0.15, 0.2) is 71.1 Å². The van der Waals surface area contributed by atoms with Crippen molar-refractivity contribution in [3.63, 3.8) is 0 Å². The number of benzene rings is 3. The third kappa shape index (κ3) is 4.84. The highest BCUT2D eigenvalue weighted by Gasteiger charge is 2.35. The molecule has 5 rings (SSSR count). The molecular formula is C26H20ClF3N2O3. The first-order valence-corrected chi connectivity index (χ1v) is 11.4. The van der Waals surface area contributed by atoms with Crippen LogP contribution in [0.1, 0.15) is 30.3 Å². The number of likely N-dealkylation sites (tertiary alicyclic amines) is 1. The van der Waals surface area contributed by atoms with E-state index in [9.17, 15) is 18.0 Å². The summed E-state index contributed by atoms with van der Waals surface area (Å²) < 4.78 is 51.9. The third-order valence-electron chi connectivity index (χ3n) is 5.98. The van der Waals surface area contributed by atoms with E-state index in [0.717, 1.165) is 12.5 Å². The fraction of sp³-hybridized carbons (Fsp3) is 0.231. The van der Waals surface area contributed by atoms with Crippen LogP contribution in [0.2, 0.25) is 5.02 Å². The van der Waals surface area contributed by atoms with E-state index in [1.54, 1.807) is 53.4 Å². The van der Waals surface area contributed by atoms with Crippen LogP contribution in [0.5, 0.6) is 5.75 Å². The van der Waals surface area contributed by atoms with E-state index < -0.39 is 11.7 Å². The normalized spacial score (nSPS) is 16.1. The van der Waals surface area contributed by atoms with Gasteiger partial charge in [-0.15, -0.1) is 0 Å². The van der Waals surface area contributed by atoms with Crippen LogP contribution in [0.4, 0.5) is 13.2 Å². The molecule has 1 aromatic heterocycles. The van der Waals surface area contributed by atoms with Gasteiger partial charge in [0, 0.05) is 11.6 Å². The molecule has 0 saturated carbocycles. The van der Waals surface area contributed by atoms with Gasteiger partial charge >= 0.3 is 6.18 Å². The molecule has 2 heterocycles. The average Bonchev–Trinajstić information content (AvgIpc) is 3.49. The molecule has 1 saturated heterocycles. The number of oxazole rings is 1. The van der Waals surface area contributed by atoms with Crippen LogP contribution < -0.4 is 4.74 Å². The molecule has 1 atom stereocenters. The minimum Gasteiger partial charge on any atom is -0.484 e. The van der Waals surface area contributed by atoms with Crippen molar-refractivity contribution < 1.29 is 27.1 Å². The quantitative estimate of drug-likeness (QED) is 0.299. The molecule has 1 aliphatic heterocycles. The first-order valence-electron chi connectivity index (χ1n) is 11.0. The summed E-state index contributed by atoms with van der Waals surface area (Å²) in [5.74, 6) is 0.690. The third-order valence-corrected chi connectivity index (χ3v) is 6.23. The molecule has 9 heteroatoms. The van der Waals surface area contributed by atoms with Gasteiger partial charge in [-0.1, -0.05) is 35.9 Å². The summed E-state index contributed by atoms with van der Waals surface area (Å²) >= 11 is 5.87. The number of nitrogens with zero attached hydrogens (tertiary/aromatic N) is 2. The van der Waals surface area contributed by atoms with Gasteiger partial charge in [0.25, 0.3) is 5.91 Å². The Labute approximate surface area is 204 Å². The molecule has 4 aromatic rings. The summed E-state index contributed by atoms with van der Waals surface area (Å²) in [6.07, 6.45) is -3.02. The largest absolute Gasteiger partial charge is 0.484 e. The standard InChI is InChI=1S/C26H20ClF3N2O3/c27-17-8-10-18(11-9-17)34-15-24(33)32-13-3-6-22(32)25-31-21-14-16(7-12-23(21)35-25)19-4-1-2-5-20(19)26(28,29)30/h1-2,4-5,7-12,14,22H,3,6,13,15H2/t22-/m0/s1. The maximum absolute atomic E-state index is 13.5. The zero-order valence-corrected chi connectivity index (χ0v) is 19.1. The number of amides is 1. The van der Waals surface area contributed by atoms with E-state index in [-0.39, 0.29) is 24.1 Å². The second-order valence-electron chi connectivity index (χ2n) is 8.27. The Morgan fingerprint density at radius 1 is 1.11 bits per heavy atom. The number of fused-ring (bicyclic) bond motifs is 1. The first-order chi connectivity index (χ1) is 16.8. The molecule has 5 nitrogen and oxygen atoms in total. The Bertz CT molecular complexity index is 1370. The SMILES string of the molecule is O=C(COc1ccc(Cl)cc1)N1CCC[C@H]1c1nc2cc(-c3ccccc3C(F)(F)F)ccc2o1. The molecular weight excluding hydrogens is 481 g/mol. The Kier molecular flexibility index (Phi) is 6.15. The van der Waals surface area contributed by atoms with Crippen molar-refractivity contribution in [1.82, 2.24) is 9.88 Å². The fourth-order valence-electron chi connectivity index (χ4n) is 4.32. The maximum atomic E-state index is 13.5. The van der Waals surface area contributed by atoms with Crippen LogP contribution in [0.3, 0.4) is 0 Å². The van der Waals surface area contributed by atoms with Crippen molar-refractivity contribution in [3.8, 4) is 16.9 Å². The van der Waals surface area contributed by atoms with Crippen molar-refractivity contribution in [2.75, 3.05) is 13.2 Å². The molecule has 0 radical (unpaired) electrons. The minimum atomic E-state index is -4.47. The first kappa shape index (κ1) is 23.2. The zero-order chi connectivity index (χ0) is 24.6. The lowest BCUT2D eigenvalue weighted by Gasteiger charge is -2.22. The van der Waals surface area contributed by atoms with Gasteiger partial charge < -0.3 is 14.1 Å². The lowest BCUT2D eigenvalue weighted by Crippen LogP contribution is -2.34. The number of alkyl halides is 3. The predicted molar refractivity (Wildman–Crippen MR) is 125 cm³/mol. The average molecular weight is 501 g/mol. The molecule has 1 fully saturated rings. The monoisotopic (exact) mass is 500 g/mol. The lowest BCUT2D eigenvalue weighted by molar-refractivity contribution is -0.137. The van der Waals surface area contributed by atoms with Crippen LogP contribution in [0, 0.1) is 0 Å². The number of halogens is 4. The second kappa shape index (κ2) is 9.26. The van der Waals surface area contributed by atoms with E-state index in [2.05, 4.69) is 4.98 Å². The van der Waals surface area contributed by atoms with Crippen molar-refractivity contribution >= 4 is 28.6 Å². The van der Waals surface area contributed by atoms with Gasteiger partial charge in [-0.3, -0.25) is 4.79 Å². The second-order valence-corrected chi connectivity index (χ2v) is 8.70. The van der Waals surface area contributed by atoms with E-state index >= 15 is 0 Å². The van der Waals surface area contributed by atoms with E-state index in [1.807, 2.05) is 0 Å².